The van der Waals surface area contributed by atoms with Gasteiger partial charge in [0.1, 0.15) is 5.82 Å². The molecule has 1 aromatic heterocycles. The monoisotopic (exact) mass is 407 g/mol. The molecule has 8 nitrogen and oxygen atoms in total. The van der Waals surface area contributed by atoms with Crippen molar-refractivity contribution >= 4 is 29.3 Å². The molecule has 1 atom stereocenters. The molecule has 1 aromatic carbocycles. The van der Waals surface area contributed by atoms with E-state index in [1.807, 2.05) is 0 Å². The fourth-order valence-corrected chi connectivity index (χ4v) is 4.37. The molecule has 0 spiro atoms. The van der Waals surface area contributed by atoms with Crippen LogP contribution in [0.25, 0.3) is 0 Å². The van der Waals surface area contributed by atoms with Crippen molar-refractivity contribution in [2.24, 2.45) is 11.3 Å². The number of benzene rings is 1. The van der Waals surface area contributed by atoms with Gasteiger partial charge < -0.3 is 15.3 Å². The van der Waals surface area contributed by atoms with Gasteiger partial charge in [-0.15, -0.1) is 0 Å². The van der Waals surface area contributed by atoms with E-state index in [9.17, 15) is 14.7 Å². The second-order valence-corrected chi connectivity index (χ2v) is 8.70. The summed E-state index contributed by atoms with van der Waals surface area (Å²) in [7, 11) is 0. The van der Waals surface area contributed by atoms with Gasteiger partial charge in [-0.1, -0.05) is 6.92 Å². The molecule has 0 bridgehead atoms. The number of nitrogens with one attached hydrogen (secondary N) is 1. The number of aliphatic hydroxyl groups is 1. The number of carbonyl (C=O) groups is 2. The van der Waals surface area contributed by atoms with Gasteiger partial charge in [-0.25, -0.2) is 4.98 Å². The topological polar surface area (TPSA) is 98.7 Å². The highest BCUT2D eigenvalue weighted by atomic mass is 16.3. The zero-order valence-electron chi connectivity index (χ0n) is 16.9. The zero-order valence-corrected chi connectivity index (χ0v) is 16.9. The van der Waals surface area contributed by atoms with Gasteiger partial charge in [0, 0.05) is 37.1 Å². The van der Waals surface area contributed by atoms with E-state index in [0.717, 1.165) is 24.9 Å². The van der Waals surface area contributed by atoms with Gasteiger partial charge in [-0.3, -0.25) is 14.5 Å². The number of hydrogen-bond donors (Lipinski definition) is 2. The highest BCUT2D eigenvalue weighted by Crippen LogP contribution is 2.51. The second-order valence-electron chi connectivity index (χ2n) is 8.70. The van der Waals surface area contributed by atoms with Crippen molar-refractivity contribution in [1.82, 2.24) is 14.9 Å². The smallest absolute Gasteiger partial charge is 0.254 e. The lowest BCUT2D eigenvalue weighted by Crippen LogP contribution is -2.53. The summed E-state index contributed by atoms with van der Waals surface area (Å²) in [5.74, 6) is 1.61. The average Bonchev–Trinajstić information content (AvgIpc) is 3.53. The lowest BCUT2D eigenvalue weighted by molar-refractivity contribution is -0.125. The average molecular weight is 407 g/mol. The van der Waals surface area contributed by atoms with E-state index in [0.29, 0.717) is 42.9 Å². The SMILES string of the molecule is C[C@@]1(C2CC2)CCN(c2ccnc(Nc3ccc(C(=O)N4CC(O)C4)cc3)n2)C1=O. The summed E-state index contributed by atoms with van der Waals surface area (Å²) in [4.78, 5) is 37.5. The van der Waals surface area contributed by atoms with Gasteiger partial charge in [0.2, 0.25) is 11.9 Å². The Hall–Kier alpha value is -3.00. The van der Waals surface area contributed by atoms with Crippen LogP contribution in [0.3, 0.4) is 0 Å². The molecule has 1 aliphatic carbocycles. The number of rotatable bonds is 5. The highest BCUT2D eigenvalue weighted by Gasteiger charge is 2.52. The molecule has 2 aliphatic heterocycles. The van der Waals surface area contributed by atoms with Gasteiger partial charge >= 0.3 is 0 Å². The van der Waals surface area contributed by atoms with E-state index in [-0.39, 0.29) is 17.2 Å². The highest BCUT2D eigenvalue weighted by molar-refractivity contribution is 5.99. The molecular weight excluding hydrogens is 382 g/mol. The zero-order chi connectivity index (χ0) is 20.9. The van der Waals surface area contributed by atoms with Crippen molar-refractivity contribution in [3.8, 4) is 0 Å². The molecule has 3 aliphatic rings. The van der Waals surface area contributed by atoms with Crippen LogP contribution in [0.15, 0.2) is 36.5 Å². The Bertz CT molecular complexity index is 985. The van der Waals surface area contributed by atoms with Gasteiger partial charge in [-0.05, 0) is 55.5 Å². The van der Waals surface area contributed by atoms with Crippen LogP contribution in [-0.4, -0.2) is 57.5 Å². The summed E-state index contributed by atoms with van der Waals surface area (Å²) in [6, 6.07) is 8.84. The first-order chi connectivity index (χ1) is 14.4. The fourth-order valence-electron chi connectivity index (χ4n) is 4.37. The Morgan fingerprint density at radius 1 is 1.20 bits per heavy atom. The number of nitrogens with zero attached hydrogens (tertiary/aromatic N) is 4. The third-order valence-corrected chi connectivity index (χ3v) is 6.52. The van der Waals surface area contributed by atoms with E-state index in [1.165, 1.54) is 0 Å². The molecule has 8 heteroatoms. The summed E-state index contributed by atoms with van der Waals surface area (Å²) in [6.07, 6.45) is 4.39. The number of carbonyl (C=O) groups excluding carboxylic acids is 2. The minimum Gasteiger partial charge on any atom is -0.389 e. The minimum absolute atomic E-state index is 0.0867. The molecule has 3 heterocycles. The minimum atomic E-state index is -0.413. The Morgan fingerprint density at radius 3 is 2.60 bits per heavy atom. The van der Waals surface area contributed by atoms with Crippen LogP contribution in [0, 0.1) is 11.3 Å². The summed E-state index contributed by atoms with van der Waals surface area (Å²) in [5, 5.41) is 12.5. The predicted octanol–water partition coefficient (Wildman–Crippen LogP) is 2.19. The van der Waals surface area contributed by atoms with E-state index in [1.54, 1.807) is 46.3 Å². The number of hydrogen-bond acceptors (Lipinski definition) is 6. The Labute approximate surface area is 174 Å². The van der Waals surface area contributed by atoms with Crippen molar-refractivity contribution in [1.29, 1.82) is 0 Å². The maximum Gasteiger partial charge on any atom is 0.254 e. The largest absolute Gasteiger partial charge is 0.389 e. The molecule has 2 amide bonds. The van der Waals surface area contributed by atoms with E-state index >= 15 is 0 Å². The van der Waals surface area contributed by atoms with Crippen molar-refractivity contribution in [2.75, 3.05) is 29.9 Å². The Morgan fingerprint density at radius 2 is 1.93 bits per heavy atom. The molecule has 5 rings (SSSR count). The fraction of sp³-hybridized carbons (Fsp3) is 0.455. The number of likely N-dealkylation sites (tertiary alicyclic amines) is 1. The molecule has 2 N–H and O–H groups in total. The third-order valence-electron chi connectivity index (χ3n) is 6.52. The van der Waals surface area contributed by atoms with Crippen LogP contribution in [-0.2, 0) is 4.79 Å². The number of amides is 2. The molecular formula is C22H25N5O3. The first-order valence-electron chi connectivity index (χ1n) is 10.4. The standard InChI is InChI=1S/C22H25N5O3/c1-22(15-4-5-15)9-11-27(20(22)30)18-8-10-23-21(25-18)24-16-6-2-14(3-7-16)19(29)26-12-17(28)13-26/h2-3,6-8,10,15,17,28H,4-5,9,11-13H2,1H3,(H,23,24,25)/t22-/m0/s1. The van der Waals surface area contributed by atoms with Crippen molar-refractivity contribution in [2.45, 2.75) is 32.3 Å². The van der Waals surface area contributed by atoms with Gasteiger partial charge in [0.05, 0.1) is 11.5 Å². The molecule has 1 saturated carbocycles. The Kier molecular flexibility index (Phi) is 4.47. The Balaban J connectivity index is 1.27. The second kappa shape index (κ2) is 7.05. The van der Waals surface area contributed by atoms with Crippen LogP contribution >= 0.6 is 0 Å². The first kappa shape index (κ1) is 19.0. The molecule has 3 fully saturated rings. The van der Waals surface area contributed by atoms with Crippen LogP contribution in [0.2, 0.25) is 0 Å². The van der Waals surface area contributed by atoms with Crippen LogP contribution in [0.5, 0.6) is 0 Å². The summed E-state index contributed by atoms with van der Waals surface area (Å²) >= 11 is 0. The summed E-state index contributed by atoms with van der Waals surface area (Å²) in [5.41, 5.74) is 1.07. The lowest BCUT2D eigenvalue weighted by Gasteiger charge is -2.35. The van der Waals surface area contributed by atoms with Crippen LogP contribution < -0.4 is 10.2 Å². The maximum absolute atomic E-state index is 13.0. The number of β-amino-alcohol motifs (C(OH)–C–C–N with tert-alkyl or cyclic N) is 1. The van der Waals surface area contributed by atoms with Gasteiger partial charge in [-0.2, -0.15) is 4.98 Å². The van der Waals surface area contributed by atoms with E-state index in [4.69, 9.17) is 0 Å². The summed E-state index contributed by atoms with van der Waals surface area (Å²) in [6.45, 7) is 3.53. The van der Waals surface area contributed by atoms with Crippen molar-refractivity contribution in [3.05, 3.63) is 42.1 Å². The van der Waals surface area contributed by atoms with Crippen LogP contribution in [0.1, 0.15) is 36.5 Å². The number of aliphatic hydroxyl groups excluding tert-OH is 1. The normalized spacial score (nSPS) is 24.1. The first-order valence-corrected chi connectivity index (χ1v) is 10.4. The van der Waals surface area contributed by atoms with Gasteiger partial charge in [0.25, 0.3) is 5.91 Å². The molecule has 2 saturated heterocycles. The third kappa shape index (κ3) is 3.31. The molecule has 0 unspecified atom stereocenters. The predicted molar refractivity (Wildman–Crippen MR) is 111 cm³/mol. The van der Waals surface area contributed by atoms with Crippen LogP contribution in [0.4, 0.5) is 17.5 Å². The molecule has 0 radical (unpaired) electrons. The maximum atomic E-state index is 13.0. The molecule has 30 heavy (non-hydrogen) atoms. The quantitative estimate of drug-likeness (QED) is 0.788. The lowest BCUT2D eigenvalue weighted by atomic mass is 9.83. The van der Waals surface area contributed by atoms with Gasteiger partial charge in [0.15, 0.2) is 0 Å². The van der Waals surface area contributed by atoms with E-state index < -0.39 is 6.10 Å². The summed E-state index contributed by atoms with van der Waals surface area (Å²) < 4.78 is 0. The number of anilines is 3. The molecule has 2 aromatic rings. The number of aromatic nitrogens is 2. The molecule has 156 valence electrons. The van der Waals surface area contributed by atoms with Crippen molar-refractivity contribution < 1.29 is 14.7 Å². The van der Waals surface area contributed by atoms with Crippen molar-refractivity contribution in [3.63, 3.8) is 0 Å². The van der Waals surface area contributed by atoms with E-state index in [2.05, 4.69) is 22.2 Å².